The van der Waals surface area contributed by atoms with E-state index in [9.17, 15) is 13.0 Å². The minimum atomic E-state index is -4.26. The number of hydrogen-bond donors (Lipinski definition) is 1. The smallest absolute Gasteiger partial charge is 0.282 e. The monoisotopic (exact) mass is 334 g/mol. The fraction of sp³-hybridized carbons (Fsp3) is 0.474. The molecule has 0 saturated heterocycles. The first kappa shape index (κ1) is 18.0. The molecule has 0 bridgehead atoms. The summed E-state index contributed by atoms with van der Waals surface area (Å²) >= 11 is 0. The van der Waals surface area contributed by atoms with Crippen LogP contribution in [-0.2, 0) is 16.5 Å². The van der Waals surface area contributed by atoms with Gasteiger partial charge in [0.25, 0.3) is 10.1 Å². The highest BCUT2D eigenvalue weighted by molar-refractivity contribution is 7.85. The third-order valence-corrected chi connectivity index (χ3v) is 5.98. The summed E-state index contributed by atoms with van der Waals surface area (Å²) < 4.78 is 33.8. The van der Waals surface area contributed by atoms with E-state index in [1.807, 2.05) is 20.8 Å². The van der Waals surface area contributed by atoms with Crippen molar-refractivity contribution in [3.8, 4) is 0 Å². The van der Waals surface area contributed by atoms with Crippen molar-refractivity contribution in [3.05, 3.63) is 40.5 Å². The van der Waals surface area contributed by atoms with E-state index >= 15 is 0 Å². The molecule has 2 aromatic rings. The minimum Gasteiger partial charge on any atom is -0.282 e. The molecule has 0 amide bonds. The first-order chi connectivity index (χ1) is 10.6. The van der Waals surface area contributed by atoms with Crippen LogP contribution < -0.4 is 0 Å². The predicted octanol–water partition coefficient (Wildman–Crippen LogP) is 5.03. The third-order valence-electron chi connectivity index (χ3n) is 5.09. The molecule has 0 heterocycles. The maximum Gasteiger partial charge on any atom is 0.294 e. The topological polar surface area (TPSA) is 54.4 Å². The predicted molar refractivity (Wildman–Crippen MR) is 95.9 cm³/mol. The van der Waals surface area contributed by atoms with Crippen molar-refractivity contribution in [1.82, 2.24) is 0 Å². The van der Waals surface area contributed by atoms with Gasteiger partial charge in [-0.1, -0.05) is 39.8 Å². The highest BCUT2D eigenvalue weighted by Crippen LogP contribution is 2.38. The van der Waals surface area contributed by atoms with Crippen molar-refractivity contribution in [2.45, 2.75) is 58.8 Å². The second-order valence-corrected chi connectivity index (χ2v) is 8.11. The Morgan fingerprint density at radius 2 is 1.65 bits per heavy atom. The van der Waals surface area contributed by atoms with Crippen LogP contribution in [0, 0.1) is 19.8 Å². The second kappa shape index (κ2) is 6.25. The summed E-state index contributed by atoms with van der Waals surface area (Å²) in [5.41, 5.74) is 3.96. The number of aryl methyl sites for hydroxylation is 3. The molecule has 126 valence electrons. The zero-order valence-electron chi connectivity index (χ0n) is 14.8. The Labute approximate surface area is 139 Å². The van der Waals surface area contributed by atoms with Gasteiger partial charge in [0.15, 0.2) is 0 Å². The quantitative estimate of drug-likeness (QED) is 0.798. The van der Waals surface area contributed by atoms with Gasteiger partial charge >= 0.3 is 0 Å². The Balaban J connectivity index is 2.99. The van der Waals surface area contributed by atoms with Gasteiger partial charge in [0.1, 0.15) is 0 Å². The average Bonchev–Trinajstić information content (AvgIpc) is 2.46. The lowest BCUT2D eigenvalue weighted by atomic mass is 9.84. The van der Waals surface area contributed by atoms with Crippen LogP contribution in [-0.4, -0.2) is 13.0 Å². The van der Waals surface area contributed by atoms with Gasteiger partial charge in [-0.05, 0) is 71.2 Å². The first-order valence-corrected chi connectivity index (χ1v) is 9.56. The van der Waals surface area contributed by atoms with Crippen molar-refractivity contribution in [1.29, 1.82) is 0 Å². The molecular weight excluding hydrogens is 308 g/mol. The van der Waals surface area contributed by atoms with Crippen LogP contribution in [0.25, 0.3) is 10.8 Å². The van der Waals surface area contributed by atoms with Crippen LogP contribution >= 0.6 is 0 Å². The number of fused-ring (bicyclic) bond motifs is 1. The van der Waals surface area contributed by atoms with Crippen LogP contribution in [0.1, 0.15) is 55.9 Å². The molecule has 1 unspecified atom stereocenters. The molecule has 0 aromatic heterocycles. The van der Waals surface area contributed by atoms with E-state index in [1.165, 1.54) is 5.56 Å². The molecule has 0 saturated carbocycles. The Hall–Kier alpha value is -1.39. The molecule has 0 spiro atoms. The third kappa shape index (κ3) is 3.15. The molecule has 2 aromatic carbocycles. The maximum atomic E-state index is 12.0. The zero-order chi connectivity index (χ0) is 17.5. The molecule has 23 heavy (non-hydrogen) atoms. The zero-order valence-corrected chi connectivity index (χ0v) is 15.6. The molecular formula is C19H26O3S. The van der Waals surface area contributed by atoms with Gasteiger partial charge in [0.2, 0.25) is 0 Å². The normalized spacial score (nSPS) is 13.7. The Bertz CT molecular complexity index is 849. The minimum absolute atomic E-state index is 0.0440. The molecule has 0 radical (unpaired) electrons. The lowest BCUT2D eigenvalue weighted by Crippen LogP contribution is -2.12. The fourth-order valence-corrected chi connectivity index (χ4v) is 4.20. The largest absolute Gasteiger partial charge is 0.294 e. The molecule has 0 aliphatic heterocycles. The standard InChI is InChI=1S/C19H26O3S/c1-7-15-8-9-16-14(6)19(12(4)11(2)3)18(23(20,21)22)10-17(16)13(15)5/h8-12H,7H2,1-6H3,(H,20,21,22). The molecule has 1 N–H and O–H groups in total. The highest BCUT2D eigenvalue weighted by atomic mass is 32.2. The molecule has 1 atom stereocenters. The van der Waals surface area contributed by atoms with Crippen molar-refractivity contribution in [2.24, 2.45) is 5.92 Å². The van der Waals surface area contributed by atoms with Crippen LogP contribution in [0.15, 0.2) is 23.1 Å². The number of hydrogen-bond acceptors (Lipinski definition) is 2. The molecule has 0 aliphatic rings. The van der Waals surface area contributed by atoms with E-state index in [0.717, 1.165) is 33.9 Å². The van der Waals surface area contributed by atoms with E-state index < -0.39 is 10.1 Å². The number of benzene rings is 2. The van der Waals surface area contributed by atoms with Crippen molar-refractivity contribution in [2.75, 3.05) is 0 Å². The SMILES string of the molecule is CCc1ccc2c(C)c(C(C)C(C)C)c(S(=O)(=O)O)cc2c1C. The van der Waals surface area contributed by atoms with Gasteiger partial charge in [-0.3, -0.25) is 4.55 Å². The second-order valence-electron chi connectivity index (χ2n) is 6.72. The van der Waals surface area contributed by atoms with Gasteiger partial charge in [-0.2, -0.15) is 8.42 Å². The molecule has 4 heteroatoms. The van der Waals surface area contributed by atoms with Crippen molar-refractivity contribution < 1.29 is 13.0 Å². The van der Waals surface area contributed by atoms with E-state index in [0.29, 0.717) is 0 Å². The fourth-order valence-electron chi connectivity index (χ4n) is 3.32. The van der Waals surface area contributed by atoms with Gasteiger partial charge < -0.3 is 0 Å². The van der Waals surface area contributed by atoms with E-state index in [4.69, 9.17) is 0 Å². The summed E-state index contributed by atoms with van der Waals surface area (Å²) in [7, 11) is -4.26. The number of rotatable bonds is 4. The molecule has 0 fully saturated rings. The van der Waals surface area contributed by atoms with Gasteiger partial charge in [0, 0.05) is 0 Å². The Morgan fingerprint density at radius 3 is 2.13 bits per heavy atom. The summed E-state index contributed by atoms with van der Waals surface area (Å²) in [6.07, 6.45) is 0.895. The van der Waals surface area contributed by atoms with Crippen LogP contribution in [0.3, 0.4) is 0 Å². The molecule has 3 nitrogen and oxygen atoms in total. The van der Waals surface area contributed by atoms with Crippen LogP contribution in [0.4, 0.5) is 0 Å². The highest BCUT2D eigenvalue weighted by Gasteiger charge is 2.25. The summed E-state index contributed by atoms with van der Waals surface area (Å²) in [6.45, 7) is 12.2. The summed E-state index contributed by atoms with van der Waals surface area (Å²) in [5.74, 6) is 0.324. The van der Waals surface area contributed by atoms with Crippen molar-refractivity contribution >= 4 is 20.9 Å². The van der Waals surface area contributed by atoms with Crippen LogP contribution in [0.2, 0.25) is 0 Å². The molecule has 0 aliphatic carbocycles. The van der Waals surface area contributed by atoms with Gasteiger partial charge in [0.05, 0.1) is 4.90 Å². The summed E-state index contributed by atoms with van der Waals surface area (Å²) in [5, 5.41) is 1.98. The average molecular weight is 334 g/mol. The van der Waals surface area contributed by atoms with E-state index in [2.05, 4.69) is 32.9 Å². The van der Waals surface area contributed by atoms with E-state index in [-0.39, 0.29) is 16.7 Å². The Morgan fingerprint density at radius 1 is 1.04 bits per heavy atom. The van der Waals surface area contributed by atoms with Gasteiger partial charge in [-0.15, -0.1) is 0 Å². The lowest BCUT2D eigenvalue weighted by molar-refractivity contribution is 0.475. The Kier molecular flexibility index (Phi) is 4.88. The molecule has 2 rings (SSSR count). The van der Waals surface area contributed by atoms with E-state index in [1.54, 1.807) is 6.07 Å². The lowest BCUT2D eigenvalue weighted by Gasteiger charge is -2.23. The summed E-state index contributed by atoms with van der Waals surface area (Å²) in [4.78, 5) is 0.0556. The maximum absolute atomic E-state index is 12.0. The van der Waals surface area contributed by atoms with Crippen LogP contribution in [0.5, 0.6) is 0 Å². The first-order valence-electron chi connectivity index (χ1n) is 8.12. The van der Waals surface area contributed by atoms with Crippen molar-refractivity contribution in [3.63, 3.8) is 0 Å². The summed E-state index contributed by atoms with van der Waals surface area (Å²) in [6, 6.07) is 5.84. The van der Waals surface area contributed by atoms with Gasteiger partial charge in [-0.25, -0.2) is 0 Å².